The van der Waals surface area contributed by atoms with Gasteiger partial charge < -0.3 is 14.6 Å². The number of nitrogens with zero attached hydrogens (tertiary/aromatic N) is 1. The summed E-state index contributed by atoms with van der Waals surface area (Å²) in [4.78, 5) is 11.9. The number of carbonyl (C=O) groups is 1. The highest BCUT2D eigenvalue weighted by molar-refractivity contribution is 5.92. The largest absolute Gasteiger partial charge is 0.383 e. The van der Waals surface area contributed by atoms with Gasteiger partial charge in [0.05, 0.1) is 6.61 Å². The number of benzene rings is 1. The van der Waals surface area contributed by atoms with E-state index < -0.39 is 0 Å². The first-order valence-electron chi connectivity index (χ1n) is 6.12. The van der Waals surface area contributed by atoms with Crippen LogP contribution in [0, 0.1) is 5.82 Å². The van der Waals surface area contributed by atoms with Gasteiger partial charge >= 0.3 is 0 Å². The number of halogens is 1. The molecule has 2 rings (SSSR count). The lowest BCUT2D eigenvalue weighted by Crippen LogP contribution is -2.35. The summed E-state index contributed by atoms with van der Waals surface area (Å²) in [7, 11) is 1.56. The first kappa shape index (κ1) is 14.2. The fourth-order valence-electron chi connectivity index (χ4n) is 1.73. The molecule has 0 unspecified atom stereocenters. The minimum Gasteiger partial charge on any atom is -0.383 e. The molecule has 0 aliphatic heterocycles. The van der Waals surface area contributed by atoms with Gasteiger partial charge in [0.15, 0.2) is 0 Å². The second kappa shape index (κ2) is 6.29. The van der Waals surface area contributed by atoms with Crippen molar-refractivity contribution in [2.24, 2.45) is 0 Å². The molecular formula is C14H15FN2O3. The van der Waals surface area contributed by atoms with Gasteiger partial charge in [-0.2, -0.15) is 0 Å². The van der Waals surface area contributed by atoms with Crippen LogP contribution in [0.4, 0.5) is 4.39 Å². The number of methoxy groups -OCH3 is 1. The smallest absolute Gasteiger partial charge is 0.290 e. The van der Waals surface area contributed by atoms with Crippen LogP contribution in [0.3, 0.4) is 0 Å². The van der Waals surface area contributed by atoms with Crippen molar-refractivity contribution >= 4 is 5.91 Å². The van der Waals surface area contributed by atoms with Crippen LogP contribution in [-0.2, 0) is 4.74 Å². The molecule has 1 aromatic heterocycles. The Hall–Kier alpha value is -2.21. The first-order valence-corrected chi connectivity index (χ1v) is 6.12. The van der Waals surface area contributed by atoms with Crippen molar-refractivity contribution in [2.75, 3.05) is 13.7 Å². The lowest BCUT2D eigenvalue weighted by Gasteiger charge is -2.10. The topological polar surface area (TPSA) is 64.4 Å². The van der Waals surface area contributed by atoms with Crippen molar-refractivity contribution in [3.8, 4) is 11.3 Å². The van der Waals surface area contributed by atoms with Crippen LogP contribution < -0.4 is 5.32 Å². The van der Waals surface area contributed by atoms with Gasteiger partial charge in [0.25, 0.3) is 5.91 Å². The molecule has 2 aromatic rings. The van der Waals surface area contributed by atoms with E-state index in [1.165, 1.54) is 18.2 Å². The number of aromatic nitrogens is 1. The number of ether oxygens (including phenoxy) is 1. The lowest BCUT2D eigenvalue weighted by atomic mass is 10.1. The molecule has 1 N–H and O–H groups in total. The van der Waals surface area contributed by atoms with E-state index >= 15 is 0 Å². The molecular weight excluding hydrogens is 263 g/mol. The van der Waals surface area contributed by atoms with E-state index in [0.717, 1.165) is 0 Å². The fourth-order valence-corrected chi connectivity index (χ4v) is 1.73. The van der Waals surface area contributed by atoms with E-state index in [4.69, 9.17) is 9.26 Å². The van der Waals surface area contributed by atoms with Crippen LogP contribution in [0.1, 0.15) is 17.5 Å². The predicted octanol–water partition coefficient (Wildman–Crippen LogP) is 2.25. The average molecular weight is 278 g/mol. The van der Waals surface area contributed by atoms with Gasteiger partial charge in [0, 0.05) is 24.8 Å². The zero-order chi connectivity index (χ0) is 14.5. The number of carbonyl (C=O) groups excluding carboxylic acids is 1. The molecule has 20 heavy (non-hydrogen) atoms. The summed E-state index contributed by atoms with van der Waals surface area (Å²) in [5.74, 6) is -0.591. The lowest BCUT2D eigenvalue weighted by molar-refractivity contribution is 0.0869. The Morgan fingerprint density at radius 1 is 1.45 bits per heavy atom. The van der Waals surface area contributed by atoms with E-state index in [9.17, 15) is 9.18 Å². The minimum atomic E-state index is -0.365. The minimum absolute atomic E-state index is 0.104. The molecule has 0 radical (unpaired) electrons. The first-order chi connectivity index (χ1) is 9.60. The Balaban J connectivity index is 2.08. The van der Waals surface area contributed by atoms with Gasteiger partial charge in [-0.3, -0.25) is 4.79 Å². The van der Waals surface area contributed by atoms with Crippen molar-refractivity contribution < 1.29 is 18.4 Å². The molecule has 0 bridgehead atoms. The maximum atomic E-state index is 12.8. The van der Waals surface area contributed by atoms with Crippen LogP contribution in [0.2, 0.25) is 0 Å². The van der Waals surface area contributed by atoms with Crippen LogP contribution in [0.15, 0.2) is 34.9 Å². The molecule has 1 atom stereocenters. The maximum Gasteiger partial charge on any atom is 0.290 e. The second-order valence-electron chi connectivity index (χ2n) is 4.41. The van der Waals surface area contributed by atoms with Crippen LogP contribution in [0.25, 0.3) is 11.3 Å². The van der Waals surface area contributed by atoms with Gasteiger partial charge in [-0.05, 0) is 31.2 Å². The Labute approximate surface area is 115 Å². The van der Waals surface area contributed by atoms with Gasteiger partial charge in [0.2, 0.25) is 5.76 Å². The summed E-state index contributed by atoms with van der Waals surface area (Å²) in [5.41, 5.74) is 1.16. The van der Waals surface area contributed by atoms with Gasteiger partial charge in [-0.15, -0.1) is 0 Å². The summed E-state index contributed by atoms with van der Waals surface area (Å²) >= 11 is 0. The summed E-state index contributed by atoms with van der Waals surface area (Å²) in [6.45, 7) is 2.23. The van der Waals surface area contributed by atoms with Crippen LogP contribution in [-0.4, -0.2) is 30.8 Å². The van der Waals surface area contributed by atoms with Crippen molar-refractivity contribution in [3.05, 3.63) is 41.9 Å². The van der Waals surface area contributed by atoms with Crippen LogP contribution >= 0.6 is 0 Å². The number of hydrogen-bond donors (Lipinski definition) is 1. The molecule has 0 fully saturated rings. The summed E-state index contributed by atoms with van der Waals surface area (Å²) in [6, 6.07) is 7.17. The molecule has 106 valence electrons. The molecule has 1 aromatic carbocycles. The zero-order valence-electron chi connectivity index (χ0n) is 11.2. The number of hydrogen-bond acceptors (Lipinski definition) is 4. The summed E-state index contributed by atoms with van der Waals surface area (Å²) in [6.07, 6.45) is 0. The van der Waals surface area contributed by atoms with Gasteiger partial charge in [0.1, 0.15) is 11.5 Å². The second-order valence-corrected chi connectivity index (χ2v) is 4.41. The summed E-state index contributed by atoms with van der Waals surface area (Å²) < 4.78 is 22.8. The van der Waals surface area contributed by atoms with E-state index in [2.05, 4.69) is 10.5 Å². The molecule has 1 heterocycles. The summed E-state index contributed by atoms with van der Waals surface area (Å²) in [5, 5.41) is 6.51. The monoisotopic (exact) mass is 278 g/mol. The average Bonchev–Trinajstić information content (AvgIpc) is 2.89. The maximum absolute atomic E-state index is 12.8. The Morgan fingerprint density at radius 3 is 2.80 bits per heavy atom. The SMILES string of the molecule is COC[C@@H](C)NC(=O)c1cc(-c2ccc(F)cc2)no1. The molecule has 0 aliphatic rings. The highest BCUT2D eigenvalue weighted by Crippen LogP contribution is 2.19. The van der Waals surface area contributed by atoms with Gasteiger partial charge in [-0.1, -0.05) is 5.16 Å². The van der Waals surface area contributed by atoms with E-state index in [-0.39, 0.29) is 23.5 Å². The Bertz CT molecular complexity index is 580. The highest BCUT2D eigenvalue weighted by Gasteiger charge is 2.16. The van der Waals surface area contributed by atoms with Crippen molar-refractivity contribution in [2.45, 2.75) is 13.0 Å². The van der Waals surface area contributed by atoms with Crippen LogP contribution in [0.5, 0.6) is 0 Å². The molecule has 1 amide bonds. The highest BCUT2D eigenvalue weighted by atomic mass is 19.1. The number of nitrogens with one attached hydrogen (secondary N) is 1. The third kappa shape index (κ3) is 3.42. The molecule has 0 spiro atoms. The van der Waals surface area contributed by atoms with Crippen molar-refractivity contribution in [3.63, 3.8) is 0 Å². The van der Waals surface area contributed by atoms with Gasteiger partial charge in [-0.25, -0.2) is 4.39 Å². The van der Waals surface area contributed by atoms with E-state index in [1.54, 1.807) is 19.2 Å². The van der Waals surface area contributed by atoms with Crippen molar-refractivity contribution in [1.29, 1.82) is 0 Å². The molecule has 6 heteroatoms. The normalized spacial score (nSPS) is 12.2. The predicted molar refractivity (Wildman–Crippen MR) is 70.7 cm³/mol. The van der Waals surface area contributed by atoms with Crippen molar-refractivity contribution in [1.82, 2.24) is 10.5 Å². The third-order valence-corrected chi connectivity index (χ3v) is 2.67. The third-order valence-electron chi connectivity index (χ3n) is 2.67. The standard InChI is InChI=1S/C14H15FN2O3/c1-9(8-19-2)16-14(18)13-7-12(17-20-13)10-3-5-11(15)6-4-10/h3-7,9H,8H2,1-2H3,(H,16,18)/t9-/m1/s1. The quantitative estimate of drug-likeness (QED) is 0.911. The molecule has 5 nitrogen and oxygen atoms in total. The van der Waals surface area contributed by atoms with E-state index in [1.807, 2.05) is 6.92 Å². The van der Waals surface area contributed by atoms with E-state index in [0.29, 0.717) is 17.9 Å². The molecule has 0 saturated carbocycles. The number of rotatable bonds is 5. The number of amides is 1. The Kier molecular flexibility index (Phi) is 4.47. The Morgan fingerprint density at radius 2 is 2.15 bits per heavy atom. The molecule has 0 saturated heterocycles. The zero-order valence-corrected chi connectivity index (χ0v) is 11.2. The molecule has 0 aliphatic carbocycles. The fraction of sp³-hybridized carbons (Fsp3) is 0.286.